The molecule has 3 rings (SSSR count). The Morgan fingerprint density at radius 1 is 1.13 bits per heavy atom. The van der Waals surface area contributed by atoms with Crippen LogP contribution in [0, 0.1) is 0 Å². The molecule has 1 aliphatic heterocycles. The Morgan fingerprint density at radius 3 is 2.57 bits per heavy atom. The number of nitrogens with one attached hydrogen (secondary N) is 1. The Labute approximate surface area is 188 Å². The number of hydrogen-bond donors (Lipinski definition) is 1. The molecule has 1 saturated heterocycles. The molecule has 0 spiro atoms. The monoisotopic (exact) mass is 455 g/mol. The van der Waals surface area contributed by atoms with Crippen molar-refractivity contribution in [2.24, 2.45) is 0 Å². The highest BCUT2D eigenvalue weighted by Gasteiger charge is 2.36. The summed E-state index contributed by atoms with van der Waals surface area (Å²) in [5.41, 5.74) is 0.842. The minimum absolute atomic E-state index is 0.0520. The van der Waals surface area contributed by atoms with Crippen LogP contribution in [0.5, 0.6) is 0 Å². The highest BCUT2D eigenvalue weighted by molar-refractivity contribution is 6.42. The van der Waals surface area contributed by atoms with Gasteiger partial charge in [0, 0.05) is 25.2 Å². The van der Waals surface area contributed by atoms with E-state index in [1.54, 1.807) is 12.1 Å². The van der Waals surface area contributed by atoms with Crippen molar-refractivity contribution in [3.8, 4) is 0 Å². The molecule has 2 fully saturated rings. The smallest absolute Gasteiger partial charge is 0.406 e. The van der Waals surface area contributed by atoms with E-state index in [1.165, 1.54) is 26.4 Å². The zero-order valence-electron chi connectivity index (χ0n) is 17.5. The maximum atomic E-state index is 13.4. The van der Waals surface area contributed by atoms with E-state index in [1.807, 2.05) is 11.0 Å². The fourth-order valence-electron chi connectivity index (χ4n) is 4.71. The lowest BCUT2D eigenvalue weighted by Gasteiger charge is -2.44. The normalized spacial score (nSPS) is 22.0. The number of alkyl carbamates (subject to hydrolysis) is 1. The van der Waals surface area contributed by atoms with Crippen LogP contribution in [-0.2, 0) is 16.0 Å². The summed E-state index contributed by atoms with van der Waals surface area (Å²) in [4.78, 5) is 29.4. The lowest BCUT2D eigenvalue weighted by Crippen LogP contribution is -2.56. The molecule has 6 nitrogen and oxygen atoms in total. The molecule has 30 heavy (non-hydrogen) atoms. The molecule has 8 heteroatoms. The molecular weight excluding hydrogens is 425 g/mol. The highest BCUT2D eigenvalue weighted by Crippen LogP contribution is 2.30. The van der Waals surface area contributed by atoms with Gasteiger partial charge in [-0.25, -0.2) is 4.79 Å². The molecule has 1 heterocycles. The largest absolute Gasteiger partial charge is 0.453 e. The number of methoxy groups -OCH3 is 1. The van der Waals surface area contributed by atoms with Gasteiger partial charge >= 0.3 is 6.09 Å². The molecule has 2 unspecified atom stereocenters. The van der Waals surface area contributed by atoms with E-state index in [2.05, 4.69) is 15.0 Å². The van der Waals surface area contributed by atoms with E-state index < -0.39 is 6.09 Å². The first kappa shape index (κ1) is 23.2. The van der Waals surface area contributed by atoms with E-state index >= 15 is 0 Å². The number of nitrogens with zero attached hydrogens (tertiary/aromatic N) is 2. The molecule has 1 N–H and O–H groups in total. The molecular formula is C22H31Cl2N3O3. The van der Waals surface area contributed by atoms with Crippen LogP contribution in [0.25, 0.3) is 0 Å². The zero-order valence-corrected chi connectivity index (χ0v) is 19.1. The SMILES string of the molecule is COC(=O)NCCN(C(=O)Cc1ccc(Cl)c(Cl)c1)C1CCCCC1N1CCCC1. The predicted molar refractivity (Wildman–Crippen MR) is 119 cm³/mol. The number of amides is 2. The third kappa shape index (κ3) is 6.02. The third-order valence-electron chi connectivity index (χ3n) is 6.17. The van der Waals surface area contributed by atoms with Crippen molar-refractivity contribution < 1.29 is 14.3 Å². The molecule has 1 aromatic carbocycles. The minimum atomic E-state index is -0.480. The molecule has 1 aliphatic carbocycles. The minimum Gasteiger partial charge on any atom is -0.453 e. The fraction of sp³-hybridized carbons (Fsp3) is 0.636. The fourth-order valence-corrected chi connectivity index (χ4v) is 5.03. The van der Waals surface area contributed by atoms with Gasteiger partial charge in [0.05, 0.1) is 23.6 Å². The summed E-state index contributed by atoms with van der Waals surface area (Å²) in [5, 5.41) is 3.65. The summed E-state index contributed by atoms with van der Waals surface area (Å²) < 4.78 is 4.67. The first-order chi connectivity index (χ1) is 14.5. The van der Waals surface area contributed by atoms with Gasteiger partial charge in [-0.2, -0.15) is 0 Å². The Kier molecular flexibility index (Phi) is 8.66. The second-order valence-corrected chi connectivity index (χ2v) is 8.91. The molecule has 1 aromatic rings. The van der Waals surface area contributed by atoms with Gasteiger partial charge in [0.25, 0.3) is 0 Å². The van der Waals surface area contributed by atoms with Crippen LogP contribution in [0.3, 0.4) is 0 Å². The second-order valence-electron chi connectivity index (χ2n) is 8.09. The van der Waals surface area contributed by atoms with Crippen LogP contribution < -0.4 is 5.32 Å². The number of rotatable bonds is 7. The van der Waals surface area contributed by atoms with Crippen LogP contribution >= 0.6 is 23.2 Å². The number of halogens is 2. The standard InChI is InChI=1S/C22H31Cl2N3O3/c1-30-22(29)25-10-13-27(21(28)15-16-8-9-17(23)18(24)14-16)20-7-3-2-6-19(20)26-11-4-5-12-26/h8-9,14,19-20H,2-7,10-13,15H2,1H3,(H,25,29). The lowest BCUT2D eigenvalue weighted by atomic mass is 9.87. The molecule has 0 radical (unpaired) electrons. The summed E-state index contributed by atoms with van der Waals surface area (Å²) >= 11 is 12.2. The molecule has 0 aromatic heterocycles. The number of ether oxygens (including phenoxy) is 1. The summed E-state index contributed by atoms with van der Waals surface area (Å²) in [6.07, 6.45) is 6.67. The van der Waals surface area contributed by atoms with Crippen LogP contribution in [0.4, 0.5) is 4.79 Å². The Hall–Kier alpha value is -1.50. The van der Waals surface area contributed by atoms with Gasteiger partial charge in [-0.15, -0.1) is 0 Å². The number of benzene rings is 1. The molecule has 2 aliphatic rings. The molecule has 166 valence electrons. The van der Waals surface area contributed by atoms with Gasteiger partial charge in [-0.3, -0.25) is 9.69 Å². The predicted octanol–water partition coefficient (Wildman–Crippen LogP) is 4.13. The maximum Gasteiger partial charge on any atom is 0.406 e. The average molecular weight is 456 g/mol. The Morgan fingerprint density at radius 2 is 1.87 bits per heavy atom. The van der Waals surface area contributed by atoms with E-state index in [0.29, 0.717) is 29.2 Å². The first-order valence-electron chi connectivity index (χ1n) is 10.8. The van der Waals surface area contributed by atoms with E-state index in [-0.39, 0.29) is 18.4 Å². The summed E-state index contributed by atoms with van der Waals surface area (Å²) in [6, 6.07) is 5.87. The lowest BCUT2D eigenvalue weighted by molar-refractivity contribution is -0.135. The molecule has 2 amide bonds. The van der Waals surface area contributed by atoms with Crippen LogP contribution in [0.1, 0.15) is 44.1 Å². The van der Waals surface area contributed by atoms with Crippen molar-refractivity contribution in [2.45, 2.75) is 57.0 Å². The number of likely N-dealkylation sites (tertiary alicyclic amines) is 1. The van der Waals surface area contributed by atoms with Crippen molar-refractivity contribution in [3.05, 3.63) is 33.8 Å². The van der Waals surface area contributed by atoms with Gasteiger partial charge in [-0.1, -0.05) is 42.1 Å². The molecule has 0 bridgehead atoms. The Balaban J connectivity index is 1.75. The van der Waals surface area contributed by atoms with Gasteiger partial charge in [0.1, 0.15) is 0 Å². The first-order valence-corrected chi connectivity index (χ1v) is 11.5. The van der Waals surface area contributed by atoms with Gasteiger partial charge in [-0.05, 0) is 56.5 Å². The number of hydrogen-bond acceptors (Lipinski definition) is 4. The van der Waals surface area contributed by atoms with Crippen LogP contribution in [0.15, 0.2) is 18.2 Å². The summed E-state index contributed by atoms with van der Waals surface area (Å²) in [6.45, 7) is 3.04. The van der Waals surface area contributed by atoms with E-state index in [4.69, 9.17) is 23.2 Å². The number of carbonyl (C=O) groups excluding carboxylic acids is 2. The second kappa shape index (κ2) is 11.2. The van der Waals surface area contributed by atoms with Crippen molar-refractivity contribution in [3.63, 3.8) is 0 Å². The van der Waals surface area contributed by atoms with Gasteiger partial charge in [0.2, 0.25) is 5.91 Å². The Bertz CT molecular complexity index is 740. The van der Waals surface area contributed by atoms with Crippen molar-refractivity contribution in [1.82, 2.24) is 15.1 Å². The van der Waals surface area contributed by atoms with Crippen molar-refractivity contribution in [1.29, 1.82) is 0 Å². The van der Waals surface area contributed by atoms with Gasteiger partial charge < -0.3 is 15.0 Å². The van der Waals surface area contributed by atoms with Gasteiger partial charge in [0.15, 0.2) is 0 Å². The van der Waals surface area contributed by atoms with Crippen LogP contribution in [-0.4, -0.2) is 67.2 Å². The molecule has 1 saturated carbocycles. The zero-order chi connectivity index (χ0) is 21.5. The highest BCUT2D eigenvalue weighted by atomic mass is 35.5. The number of carbonyl (C=O) groups is 2. The van der Waals surface area contributed by atoms with Crippen LogP contribution in [0.2, 0.25) is 10.0 Å². The van der Waals surface area contributed by atoms with Crippen molar-refractivity contribution >= 4 is 35.2 Å². The van der Waals surface area contributed by atoms with E-state index in [9.17, 15) is 9.59 Å². The van der Waals surface area contributed by atoms with Crippen molar-refractivity contribution in [2.75, 3.05) is 33.3 Å². The van der Waals surface area contributed by atoms with E-state index in [0.717, 1.165) is 37.9 Å². The third-order valence-corrected chi connectivity index (χ3v) is 6.91. The topological polar surface area (TPSA) is 61.9 Å². The molecule has 2 atom stereocenters. The average Bonchev–Trinajstić information content (AvgIpc) is 3.28. The maximum absolute atomic E-state index is 13.4. The summed E-state index contributed by atoms with van der Waals surface area (Å²) in [5.74, 6) is 0.0520. The quantitative estimate of drug-likeness (QED) is 0.671. The summed E-state index contributed by atoms with van der Waals surface area (Å²) in [7, 11) is 1.34.